The highest BCUT2D eigenvalue weighted by atomic mass is 32.1. The van der Waals surface area contributed by atoms with Crippen molar-refractivity contribution in [3.63, 3.8) is 0 Å². The lowest BCUT2D eigenvalue weighted by Gasteiger charge is -2.34. The van der Waals surface area contributed by atoms with Crippen LogP contribution in [0.4, 0.5) is 0 Å². The van der Waals surface area contributed by atoms with Gasteiger partial charge in [-0.05, 0) is 39.7 Å². The molecule has 5 heteroatoms. The Labute approximate surface area is 131 Å². The van der Waals surface area contributed by atoms with Gasteiger partial charge < -0.3 is 10.1 Å². The predicted molar refractivity (Wildman–Crippen MR) is 86.9 cm³/mol. The smallest absolute Gasteiger partial charge is 0.123 e. The third-order valence-electron chi connectivity index (χ3n) is 4.52. The summed E-state index contributed by atoms with van der Waals surface area (Å²) in [4.78, 5) is 8.95. The average Bonchev–Trinajstić information content (AvgIpc) is 2.93. The quantitative estimate of drug-likeness (QED) is 0.928. The number of ether oxygens (including phenoxy) is 1. The number of rotatable bonds is 4. The minimum atomic E-state index is 0.166. The molecule has 1 aromatic heterocycles. The molecule has 4 nitrogen and oxygen atoms in total. The van der Waals surface area contributed by atoms with E-state index in [1.807, 2.05) is 11.3 Å². The van der Waals surface area contributed by atoms with E-state index >= 15 is 0 Å². The van der Waals surface area contributed by atoms with E-state index < -0.39 is 0 Å². The molecule has 0 saturated carbocycles. The van der Waals surface area contributed by atoms with Crippen molar-refractivity contribution in [3.8, 4) is 0 Å². The summed E-state index contributed by atoms with van der Waals surface area (Å²) in [7, 11) is 0. The van der Waals surface area contributed by atoms with Crippen LogP contribution in [0.2, 0.25) is 0 Å². The first kappa shape index (κ1) is 15.4. The molecule has 0 aromatic carbocycles. The van der Waals surface area contributed by atoms with Crippen LogP contribution < -0.4 is 5.32 Å². The maximum Gasteiger partial charge on any atom is 0.123 e. The lowest BCUT2D eigenvalue weighted by atomic mass is 9.98. The van der Waals surface area contributed by atoms with Gasteiger partial charge in [-0.15, -0.1) is 11.3 Å². The van der Waals surface area contributed by atoms with E-state index in [1.165, 1.54) is 34.8 Å². The fourth-order valence-electron chi connectivity index (χ4n) is 3.31. The zero-order valence-corrected chi connectivity index (χ0v) is 14.2. The van der Waals surface area contributed by atoms with Gasteiger partial charge in [0.25, 0.3) is 0 Å². The molecule has 3 rings (SSSR count). The molecule has 1 aliphatic heterocycles. The number of aromatic nitrogens is 1. The number of hydrogen-bond acceptors (Lipinski definition) is 5. The Hall–Kier alpha value is -0.490. The van der Waals surface area contributed by atoms with Crippen LogP contribution in [0, 0.1) is 0 Å². The first-order chi connectivity index (χ1) is 10.2. The maximum absolute atomic E-state index is 6.00. The number of thiazole rings is 1. The van der Waals surface area contributed by atoms with E-state index in [4.69, 9.17) is 9.72 Å². The van der Waals surface area contributed by atoms with Gasteiger partial charge in [-0.2, -0.15) is 0 Å². The summed E-state index contributed by atoms with van der Waals surface area (Å²) in [6, 6.07) is 1.04. The molecule has 2 heterocycles. The van der Waals surface area contributed by atoms with Crippen molar-refractivity contribution in [1.82, 2.24) is 15.2 Å². The second-order valence-corrected chi connectivity index (χ2v) is 7.43. The molecule has 0 amide bonds. The minimum absolute atomic E-state index is 0.166. The Kier molecular flexibility index (Phi) is 4.94. The highest BCUT2D eigenvalue weighted by Crippen LogP contribution is 2.36. The minimum Gasteiger partial charge on any atom is -0.368 e. The number of fused-ring (bicyclic) bond motifs is 1. The van der Waals surface area contributed by atoms with Crippen LogP contribution in [0.3, 0.4) is 0 Å². The van der Waals surface area contributed by atoms with Gasteiger partial charge in [0.05, 0.1) is 18.3 Å². The molecule has 1 N–H and O–H groups in total. The van der Waals surface area contributed by atoms with Gasteiger partial charge in [-0.3, -0.25) is 4.90 Å². The first-order valence-electron chi connectivity index (χ1n) is 8.27. The standard InChI is InChI=1S/C16H27N3OS/c1-4-17-12-6-5-7-14-15(12)18-16(21-14)13-10-19(11(2)3)8-9-20-13/h11-13,17H,4-10H2,1-3H3. The van der Waals surface area contributed by atoms with Gasteiger partial charge in [0, 0.05) is 24.0 Å². The highest BCUT2D eigenvalue weighted by Gasteiger charge is 2.30. The van der Waals surface area contributed by atoms with Gasteiger partial charge in [0.2, 0.25) is 0 Å². The Morgan fingerprint density at radius 1 is 1.48 bits per heavy atom. The molecule has 0 spiro atoms. The number of nitrogens with zero attached hydrogens (tertiary/aromatic N) is 2. The molecule has 21 heavy (non-hydrogen) atoms. The van der Waals surface area contributed by atoms with Crippen molar-refractivity contribution in [3.05, 3.63) is 15.6 Å². The number of aryl methyl sites for hydroxylation is 1. The van der Waals surface area contributed by atoms with Crippen molar-refractivity contribution >= 4 is 11.3 Å². The zero-order valence-electron chi connectivity index (χ0n) is 13.4. The van der Waals surface area contributed by atoms with Gasteiger partial charge in [-0.1, -0.05) is 6.92 Å². The molecule has 118 valence electrons. The van der Waals surface area contributed by atoms with Gasteiger partial charge in [-0.25, -0.2) is 4.98 Å². The molecule has 0 radical (unpaired) electrons. The molecular weight excluding hydrogens is 282 g/mol. The SMILES string of the molecule is CCNC1CCCc2sc(C3CN(C(C)C)CCO3)nc21. The summed E-state index contributed by atoms with van der Waals surface area (Å²) >= 11 is 1.88. The lowest BCUT2D eigenvalue weighted by Crippen LogP contribution is -2.42. The maximum atomic E-state index is 6.00. The summed E-state index contributed by atoms with van der Waals surface area (Å²) < 4.78 is 6.00. The summed E-state index contributed by atoms with van der Waals surface area (Å²) in [5.74, 6) is 0. The fraction of sp³-hybridized carbons (Fsp3) is 0.812. The third-order valence-corrected chi connectivity index (χ3v) is 5.75. The van der Waals surface area contributed by atoms with Crippen LogP contribution >= 0.6 is 11.3 Å². The Morgan fingerprint density at radius 3 is 3.10 bits per heavy atom. The molecule has 1 saturated heterocycles. The summed E-state index contributed by atoms with van der Waals surface area (Å²) in [6.07, 6.45) is 3.85. The van der Waals surface area contributed by atoms with Crippen molar-refractivity contribution in [2.24, 2.45) is 0 Å². The van der Waals surface area contributed by atoms with E-state index in [0.717, 1.165) is 26.2 Å². The van der Waals surface area contributed by atoms with Crippen LogP contribution in [0.1, 0.15) is 61.3 Å². The summed E-state index contributed by atoms with van der Waals surface area (Å²) in [5.41, 5.74) is 1.30. The Bertz CT molecular complexity index is 474. The van der Waals surface area contributed by atoms with E-state index in [-0.39, 0.29) is 6.10 Å². The topological polar surface area (TPSA) is 37.4 Å². The molecule has 1 aliphatic carbocycles. The van der Waals surface area contributed by atoms with Crippen molar-refractivity contribution in [2.45, 2.75) is 58.2 Å². The largest absolute Gasteiger partial charge is 0.368 e. The van der Waals surface area contributed by atoms with Gasteiger partial charge in [0.15, 0.2) is 0 Å². The Morgan fingerprint density at radius 2 is 2.33 bits per heavy atom. The molecule has 2 atom stereocenters. The zero-order chi connectivity index (χ0) is 14.8. The van der Waals surface area contributed by atoms with Crippen molar-refractivity contribution in [2.75, 3.05) is 26.2 Å². The second kappa shape index (κ2) is 6.73. The molecule has 1 aromatic rings. The summed E-state index contributed by atoms with van der Waals surface area (Å²) in [6.45, 7) is 10.6. The third kappa shape index (κ3) is 3.31. The molecule has 2 aliphatic rings. The van der Waals surface area contributed by atoms with E-state index in [0.29, 0.717) is 12.1 Å². The van der Waals surface area contributed by atoms with Gasteiger partial charge in [0.1, 0.15) is 11.1 Å². The number of hydrogen-bond donors (Lipinski definition) is 1. The first-order valence-corrected chi connectivity index (χ1v) is 9.09. The molecule has 0 bridgehead atoms. The number of morpholine rings is 1. The van der Waals surface area contributed by atoms with E-state index in [1.54, 1.807) is 0 Å². The van der Waals surface area contributed by atoms with Crippen LogP contribution in [0.15, 0.2) is 0 Å². The van der Waals surface area contributed by atoms with Crippen LogP contribution in [-0.4, -0.2) is 42.2 Å². The van der Waals surface area contributed by atoms with Crippen molar-refractivity contribution < 1.29 is 4.74 Å². The number of nitrogens with one attached hydrogen (secondary N) is 1. The monoisotopic (exact) mass is 309 g/mol. The van der Waals surface area contributed by atoms with E-state index in [9.17, 15) is 0 Å². The van der Waals surface area contributed by atoms with Gasteiger partial charge >= 0.3 is 0 Å². The highest BCUT2D eigenvalue weighted by molar-refractivity contribution is 7.11. The Balaban J connectivity index is 1.77. The summed E-state index contributed by atoms with van der Waals surface area (Å²) in [5, 5.41) is 4.77. The van der Waals surface area contributed by atoms with Crippen LogP contribution in [-0.2, 0) is 11.2 Å². The second-order valence-electron chi connectivity index (χ2n) is 6.31. The lowest BCUT2D eigenvalue weighted by molar-refractivity contribution is -0.0403. The van der Waals surface area contributed by atoms with Crippen LogP contribution in [0.25, 0.3) is 0 Å². The average molecular weight is 309 g/mol. The fourth-order valence-corrected chi connectivity index (χ4v) is 4.52. The van der Waals surface area contributed by atoms with E-state index in [2.05, 4.69) is 31.0 Å². The molecule has 1 fully saturated rings. The van der Waals surface area contributed by atoms with Crippen molar-refractivity contribution in [1.29, 1.82) is 0 Å². The predicted octanol–water partition coefficient (Wildman–Crippen LogP) is 2.91. The normalized spacial score (nSPS) is 27.0. The molecule has 2 unspecified atom stereocenters. The van der Waals surface area contributed by atoms with Crippen LogP contribution in [0.5, 0.6) is 0 Å². The molecular formula is C16H27N3OS.